The van der Waals surface area contributed by atoms with Gasteiger partial charge in [-0.05, 0) is 38.3 Å². The number of amides is 3. The summed E-state index contributed by atoms with van der Waals surface area (Å²) in [6.45, 7) is 4.32. The average Bonchev–Trinajstić information content (AvgIpc) is 2.90. The van der Waals surface area contributed by atoms with Gasteiger partial charge >= 0.3 is 18.0 Å². The molecule has 2 rings (SSSR count). The third-order valence-corrected chi connectivity index (χ3v) is 4.99. The smallest absolute Gasteiger partial charge is 0.408 e. The molecule has 0 saturated carbocycles. The van der Waals surface area contributed by atoms with Crippen LogP contribution in [0.5, 0.6) is 0 Å². The van der Waals surface area contributed by atoms with E-state index >= 15 is 0 Å². The number of alkyl carbamates (subject to hydrolysis) is 1. The van der Waals surface area contributed by atoms with E-state index in [-0.39, 0.29) is 32.6 Å². The molecule has 0 spiro atoms. The molecule has 1 unspecified atom stereocenters. The van der Waals surface area contributed by atoms with Gasteiger partial charge in [0.25, 0.3) is 0 Å². The third-order valence-electron chi connectivity index (χ3n) is 4.99. The van der Waals surface area contributed by atoms with E-state index in [2.05, 4.69) is 16.0 Å². The van der Waals surface area contributed by atoms with Crippen LogP contribution in [0.4, 0.5) is 4.79 Å². The maximum atomic E-state index is 12.7. The van der Waals surface area contributed by atoms with Gasteiger partial charge in [-0.3, -0.25) is 19.2 Å². The highest BCUT2D eigenvalue weighted by molar-refractivity contribution is 5.89. The highest BCUT2D eigenvalue weighted by Crippen LogP contribution is 2.08. The zero-order valence-corrected chi connectivity index (χ0v) is 22.4. The average molecular weight is 542 g/mol. The number of esters is 2. The van der Waals surface area contributed by atoms with Crippen LogP contribution >= 0.6 is 0 Å². The Kier molecular flexibility index (Phi) is 12.4. The van der Waals surface area contributed by atoms with Crippen LogP contribution in [-0.4, -0.2) is 54.6 Å². The van der Waals surface area contributed by atoms with Crippen LogP contribution in [0.1, 0.15) is 44.7 Å². The second kappa shape index (κ2) is 15.8. The molecule has 11 nitrogen and oxygen atoms in total. The summed E-state index contributed by atoms with van der Waals surface area (Å²) in [5, 5.41) is 7.24. The number of carbonyl (C=O) groups is 5. The molecule has 3 amide bonds. The summed E-state index contributed by atoms with van der Waals surface area (Å²) in [4.78, 5) is 61.2. The van der Waals surface area contributed by atoms with Crippen molar-refractivity contribution in [2.45, 2.75) is 58.5 Å². The van der Waals surface area contributed by atoms with Gasteiger partial charge in [-0.15, -0.1) is 0 Å². The standard InChI is InChI=1S/C28H35N3O8/c1-28(2,3)39-27(36)31-22(26(35)30-17-25(34)38-19-21-12-8-5-9-13-21)14-15-23(32)29-16-24(33)37-18-20-10-6-4-7-11-20/h4-13,22H,14-19H2,1-3H3,(H,29,32)(H,30,35)(H,31,36). The molecule has 0 heterocycles. The summed E-state index contributed by atoms with van der Waals surface area (Å²) in [5.41, 5.74) is 0.781. The lowest BCUT2D eigenvalue weighted by Gasteiger charge is -2.23. The van der Waals surface area contributed by atoms with E-state index in [9.17, 15) is 24.0 Å². The van der Waals surface area contributed by atoms with Crippen molar-refractivity contribution in [1.82, 2.24) is 16.0 Å². The van der Waals surface area contributed by atoms with E-state index in [4.69, 9.17) is 14.2 Å². The van der Waals surface area contributed by atoms with Crippen LogP contribution in [0.15, 0.2) is 60.7 Å². The maximum Gasteiger partial charge on any atom is 0.408 e. The number of carbonyl (C=O) groups excluding carboxylic acids is 5. The molecule has 1 atom stereocenters. The Morgan fingerprint density at radius 3 is 1.72 bits per heavy atom. The maximum absolute atomic E-state index is 12.7. The van der Waals surface area contributed by atoms with Crippen LogP contribution in [0.25, 0.3) is 0 Å². The molecule has 0 saturated heterocycles. The molecule has 3 N–H and O–H groups in total. The molecule has 2 aromatic rings. The Balaban J connectivity index is 1.82. The topological polar surface area (TPSA) is 149 Å². The third kappa shape index (κ3) is 13.6. The van der Waals surface area contributed by atoms with E-state index in [1.54, 1.807) is 45.0 Å². The van der Waals surface area contributed by atoms with Gasteiger partial charge in [0, 0.05) is 6.42 Å². The van der Waals surface area contributed by atoms with E-state index in [1.807, 2.05) is 36.4 Å². The molecule has 0 fully saturated rings. The summed E-state index contributed by atoms with van der Waals surface area (Å²) in [6, 6.07) is 16.9. The highest BCUT2D eigenvalue weighted by Gasteiger charge is 2.25. The predicted octanol–water partition coefficient (Wildman–Crippen LogP) is 2.38. The zero-order valence-electron chi connectivity index (χ0n) is 22.4. The van der Waals surface area contributed by atoms with Crippen LogP contribution < -0.4 is 16.0 Å². The fourth-order valence-electron chi connectivity index (χ4n) is 3.11. The van der Waals surface area contributed by atoms with Crippen molar-refractivity contribution in [3.05, 3.63) is 71.8 Å². The van der Waals surface area contributed by atoms with Crippen molar-refractivity contribution in [3.8, 4) is 0 Å². The lowest BCUT2D eigenvalue weighted by molar-refractivity contribution is -0.145. The van der Waals surface area contributed by atoms with E-state index in [0.29, 0.717) is 0 Å². The second-order valence-electron chi connectivity index (χ2n) is 9.52. The van der Waals surface area contributed by atoms with Gasteiger partial charge in [0.1, 0.15) is 37.9 Å². The van der Waals surface area contributed by atoms with Gasteiger partial charge in [0.2, 0.25) is 11.8 Å². The molecule has 210 valence electrons. The minimum absolute atomic E-state index is 0.0447. The first kappa shape index (κ1) is 30.8. The van der Waals surface area contributed by atoms with Crippen LogP contribution in [0, 0.1) is 0 Å². The lowest BCUT2D eigenvalue weighted by Crippen LogP contribution is -2.49. The molecule has 0 aliphatic rings. The van der Waals surface area contributed by atoms with Gasteiger partial charge in [-0.1, -0.05) is 60.7 Å². The number of hydrogen-bond donors (Lipinski definition) is 3. The predicted molar refractivity (Wildman–Crippen MR) is 141 cm³/mol. The fraction of sp³-hybridized carbons (Fsp3) is 0.393. The van der Waals surface area contributed by atoms with Crippen molar-refractivity contribution in [2.24, 2.45) is 0 Å². The lowest BCUT2D eigenvalue weighted by atomic mass is 10.1. The van der Waals surface area contributed by atoms with E-state index < -0.39 is 48.0 Å². The van der Waals surface area contributed by atoms with Crippen LogP contribution in [0.3, 0.4) is 0 Å². The number of ether oxygens (including phenoxy) is 3. The van der Waals surface area contributed by atoms with Crippen molar-refractivity contribution < 1.29 is 38.2 Å². The van der Waals surface area contributed by atoms with Gasteiger partial charge in [-0.2, -0.15) is 0 Å². The van der Waals surface area contributed by atoms with Crippen LogP contribution in [0.2, 0.25) is 0 Å². The van der Waals surface area contributed by atoms with Gasteiger partial charge in [0.15, 0.2) is 0 Å². The number of benzene rings is 2. The number of hydrogen-bond acceptors (Lipinski definition) is 8. The van der Waals surface area contributed by atoms with E-state index in [0.717, 1.165) is 11.1 Å². The summed E-state index contributed by atoms with van der Waals surface area (Å²) in [7, 11) is 0. The Morgan fingerprint density at radius 2 is 1.23 bits per heavy atom. The van der Waals surface area contributed by atoms with Crippen molar-refractivity contribution >= 4 is 29.8 Å². The molecular formula is C28H35N3O8. The molecule has 0 aromatic heterocycles. The summed E-state index contributed by atoms with van der Waals surface area (Å²) in [6.07, 6.45) is -1.17. The summed E-state index contributed by atoms with van der Waals surface area (Å²) in [5.74, 6) is -2.53. The van der Waals surface area contributed by atoms with Gasteiger partial charge < -0.3 is 30.2 Å². The molecule has 0 bridgehead atoms. The molecule has 39 heavy (non-hydrogen) atoms. The molecule has 2 aromatic carbocycles. The largest absolute Gasteiger partial charge is 0.460 e. The van der Waals surface area contributed by atoms with Crippen molar-refractivity contribution in [3.63, 3.8) is 0 Å². The first-order valence-corrected chi connectivity index (χ1v) is 12.4. The Morgan fingerprint density at radius 1 is 0.744 bits per heavy atom. The first-order chi connectivity index (χ1) is 18.5. The SMILES string of the molecule is CC(C)(C)OC(=O)NC(CCC(=O)NCC(=O)OCc1ccccc1)C(=O)NCC(=O)OCc1ccccc1. The summed E-state index contributed by atoms with van der Waals surface area (Å²) < 4.78 is 15.4. The van der Waals surface area contributed by atoms with Crippen molar-refractivity contribution in [2.75, 3.05) is 13.1 Å². The van der Waals surface area contributed by atoms with Crippen LogP contribution in [-0.2, 0) is 46.6 Å². The number of rotatable bonds is 13. The summed E-state index contributed by atoms with van der Waals surface area (Å²) >= 11 is 0. The molecule has 0 radical (unpaired) electrons. The van der Waals surface area contributed by atoms with Gasteiger partial charge in [-0.25, -0.2) is 4.79 Å². The van der Waals surface area contributed by atoms with E-state index in [1.165, 1.54) is 0 Å². The first-order valence-electron chi connectivity index (χ1n) is 12.4. The highest BCUT2D eigenvalue weighted by atomic mass is 16.6. The molecular weight excluding hydrogens is 506 g/mol. The Hall–Kier alpha value is -4.41. The monoisotopic (exact) mass is 541 g/mol. The minimum atomic E-state index is -1.18. The second-order valence-corrected chi connectivity index (χ2v) is 9.52. The molecule has 0 aliphatic carbocycles. The van der Waals surface area contributed by atoms with Gasteiger partial charge in [0.05, 0.1) is 0 Å². The van der Waals surface area contributed by atoms with Crippen molar-refractivity contribution in [1.29, 1.82) is 0 Å². The normalized spacial score (nSPS) is 11.5. The molecule has 0 aliphatic heterocycles. The fourth-order valence-corrected chi connectivity index (χ4v) is 3.11. The quantitative estimate of drug-likeness (QED) is 0.259. The Labute approximate surface area is 227 Å². The number of nitrogens with one attached hydrogen (secondary N) is 3. The zero-order chi connectivity index (χ0) is 28.7. The molecule has 11 heteroatoms. The minimum Gasteiger partial charge on any atom is -0.460 e. The Bertz CT molecular complexity index is 1100.